The van der Waals surface area contributed by atoms with E-state index in [0.717, 1.165) is 10.5 Å². The van der Waals surface area contributed by atoms with Gasteiger partial charge >= 0.3 is 0 Å². The first-order chi connectivity index (χ1) is 9.06. The molecular formula is C15H14F2OS. The first-order valence-corrected chi connectivity index (χ1v) is 6.87. The molecule has 0 radical (unpaired) electrons. The lowest BCUT2D eigenvalue weighted by Crippen LogP contribution is -2.04. The lowest BCUT2D eigenvalue weighted by Gasteiger charge is -2.12. The maximum absolute atomic E-state index is 13.6. The van der Waals surface area contributed by atoms with E-state index in [2.05, 4.69) is 0 Å². The van der Waals surface area contributed by atoms with Crippen molar-refractivity contribution >= 4 is 11.8 Å². The number of aryl methyl sites for hydroxylation is 1. The van der Waals surface area contributed by atoms with Gasteiger partial charge in [0.15, 0.2) is 0 Å². The molecule has 0 bridgehead atoms. The van der Waals surface area contributed by atoms with Gasteiger partial charge in [0.25, 0.3) is 0 Å². The molecule has 1 unspecified atom stereocenters. The van der Waals surface area contributed by atoms with Gasteiger partial charge in [0.1, 0.15) is 11.6 Å². The molecule has 4 heteroatoms. The Morgan fingerprint density at radius 3 is 2.47 bits per heavy atom. The summed E-state index contributed by atoms with van der Waals surface area (Å²) >= 11 is 1.36. The van der Waals surface area contributed by atoms with Crippen molar-refractivity contribution < 1.29 is 13.9 Å². The molecule has 0 spiro atoms. The summed E-state index contributed by atoms with van der Waals surface area (Å²) in [5.74, 6) is -0.376. The third-order valence-corrected chi connectivity index (χ3v) is 3.82. The monoisotopic (exact) mass is 280 g/mol. The van der Waals surface area contributed by atoms with Gasteiger partial charge in [-0.25, -0.2) is 8.78 Å². The van der Waals surface area contributed by atoms with Gasteiger partial charge in [-0.2, -0.15) is 0 Å². The second-order valence-corrected chi connectivity index (χ2v) is 5.40. The number of rotatable bonds is 4. The summed E-state index contributed by atoms with van der Waals surface area (Å²) in [5.41, 5.74) is 1.21. The van der Waals surface area contributed by atoms with E-state index in [1.165, 1.54) is 30.0 Å². The van der Waals surface area contributed by atoms with Crippen LogP contribution in [0.1, 0.15) is 17.2 Å². The summed E-state index contributed by atoms with van der Waals surface area (Å²) in [6, 6.07) is 10.7. The van der Waals surface area contributed by atoms with Crippen LogP contribution in [0.5, 0.6) is 0 Å². The lowest BCUT2D eigenvalue weighted by atomic mass is 10.1. The molecule has 1 nitrogen and oxygen atoms in total. The van der Waals surface area contributed by atoms with Crippen molar-refractivity contribution in [1.82, 2.24) is 0 Å². The predicted molar refractivity (Wildman–Crippen MR) is 73.2 cm³/mol. The van der Waals surface area contributed by atoms with Crippen LogP contribution < -0.4 is 0 Å². The van der Waals surface area contributed by atoms with Crippen molar-refractivity contribution in [3.63, 3.8) is 0 Å². The van der Waals surface area contributed by atoms with Gasteiger partial charge in [-0.3, -0.25) is 0 Å². The Morgan fingerprint density at radius 2 is 1.79 bits per heavy atom. The normalized spacial score (nSPS) is 12.4. The Hall–Kier alpha value is -1.39. The highest BCUT2D eigenvalue weighted by molar-refractivity contribution is 7.99. The second kappa shape index (κ2) is 6.17. The number of thioether (sulfide) groups is 1. The van der Waals surface area contributed by atoms with Gasteiger partial charge in [0, 0.05) is 16.2 Å². The van der Waals surface area contributed by atoms with Crippen molar-refractivity contribution in [2.24, 2.45) is 0 Å². The highest BCUT2D eigenvalue weighted by atomic mass is 32.2. The largest absolute Gasteiger partial charge is 0.387 e. The summed E-state index contributed by atoms with van der Waals surface area (Å²) in [6.07, 6.45) is -0.880. The molecule has 2 rings (SSSR count). The quantitative estimate of drug-likeness (QED) is 0.851. The SMILES string of the molecule is Cc1ccc(F)c(C(O)CSc2ccc(F)cc2)c1. The number of aliphatic hydroxyl groups excluding tert-OH is 1. The van der Waals surface area contributed by atoms with Crippen LogP contribution in [-0.4, -0.2) is 10.9 Å². The first kappa shape index (κ1) is 14.0. The van der Waals surface area contributed by atoms with Crippen LogP contribution in [0.3, 0.4) is 0 Å². The molecule has 0 aromatic heterocycles. The molecule has 0 aliphatic heterocycles. The van der Waals surface area contributed by atoms with Gasteiger partial charge in [0.05, 0.1) is 6.10 Å². The fraction of sp³-hybridized carbons (Fsp3) is 0.200. The zero-order valence-corrected chi connectivity index (χ0v) is 11.3. The summed E-state index contributed by atoms with van der Waals surface area (Å²) in [6.45, 7) is 1.85. The van der Waals surface area contributed by atoms with Crippen LogP contribution in [0.4, 0.5) is 8.78 Å². The molecule has 2 aromatic rings. The predicted octanol–water partition coefficient (Wildman–Crippen LogP) is 4.10. The van der Waals surface area contributed by atoms with Gasteiger partial charge < -0.3 is 5.11 Å². The molecule has 0 heterocycles. The maximum atomic E-state index is 13.6. The third-order valence-electron chi connectivity index (χ3n) is 2.73. The molecule has 2 aromatic carbocycles. The first-order valence-electron chi connectivity index (χ1n) is 5.89. The second-order valence-electron chi connectivity index (χ2n) is 4.31. The number of hydrogen-bond acceptors (Lipinski definition) is 2. The minimum absolute atomic E-state index is 0.297. The van der Waals surface area contributed by atoms with E-state index in [1.807, 2.05) is 6.92 Å². The lowest BCUT2D eigenvalue weighted by molar-refractivity contribution is 0.199. The molecule has 0 saturated heterocycles. The van der Waals surface area contributed by atoms with E-state index < -0.39 is 11.9 Å². The zero-order chi connectivity index (χ0) is 13.8. The molecule has 0 aliphatic carbocycles. The van der Waals surface area contributed by atoms with Crippen LogP contribution in [0.2, 0.25) is 0 Å². The van der Waals surface area contributed by atoms with Crippen molar-refractivity contribution in [2.45, 2.75) is 17.9 Å². The highest BCUT2D eigenvalue weighted by Gasteiger charge is 2.13. The average Bonchev–Trinajstić information content (AvgIpc) is 2.40. The van der Waals surface area contributed by atoms with Crippen molar-refractivity contribution in [3.8, 4) is 0 Å². The molecule has 1 atom stereocenters. The van der Waals surface area contributed by atoms with Crippen molar-refractivity contribution in [1.29, 1.82) is 0 Å². The summed E-state index contributed by atoms with van der Waals surface area (Å²) in [5, 5.41) is 10.0. The number of benzene rings is 2. The third kappa shape index (κ3) is 3.78. The molecule has 1 N–H and O–H groups in total. The van der Waals surface area contributed by atoms with E-state index in [1.54, 1.807) is 24.3 Å². The Kier molecular flexibility index (Phi) is 4.56. The summed E-state index contributed by atoms with van der Waals surface area (Å²) < 4.78 is 26.3. The summed E-state index contributed by atoms with van der Waals surface area (Å²) in [4.78, 5) is 0.841. The van der Waals surface area contributed by atoms with Crippen LogP contribution >= 0.6 is 11.8 Å². The minimum atomic E-state index is -0.880. The van der Waals surface area contributed by atoms with Crippen LogP contribution in [0.15, 0.2) is 47.4 Å². The minimum Gasteiger partial charge on any atom is -0.387 e. The standard InChI is InChI=1S/C15H14F2OS/c1-10-2-7-14(17)13(8-10)15(18)9-19-12-5-3-11(16)4-6-12/h2-8,15,18H,9H2,1H3. The Bertz CT molecular complexity index is 555. The number of aliphatic hydroxyl groups is 1. The molecule has 100 valence electrons. The maximum Gasteiger partial charge on any atom is 0.129 e. The van der Waals surface area contributed by atoms with Crippen molar-refractivity contribution in [2.75, 3.05) is 5.75 Å². The number of hydrogen-bond donors (Lipinski definition) is 1. The average molecular weight is 280 g/mol. The highest BCUT2D eigenvalue weighted by Crippen LogP contribution is 2.26. The van der Waals surface area contributed by atoms with Gasteiger partial charge in [-0.15, -0.1) is 11.8 Å². The Morgan fingerprint density at radius 1 is 1.11 bits per heavy atom. The Balaban J connectivity index is 2.03. The fourth-order valence-corrected chi connectivity index (χ4v) is 2.57. The molecule has 0 aliphatic rings. The Labute approximate surface area is 115 Å². The molecular weight excluding hydrogens is 266 g/mol. The van der Waals surface area contributed by atoms with Crippen LogP contribution in [0, 0.1) is 18.6 Å². The van der Waals surface area contributed by atoms with Crippen LogP contribution in [0.25, 0.3) is 0 Å². The summed E-state index contributed by atoms with van der Waals surface area (Å²) in [7, 11) is 0. The van der Waals surface area contributed by atoms with E-state index in [0.29, 0.717) is 11.3 Å². The van der Waals surface area contributed by atoms with Crippen molar-refractivity contribution in [3.05, 3.63) is 65.2 Å². The zero-order valence-electron chi connectivity index (χ0n) is 10.4. The van der Waals surface area contributed by atoms with Gasteiger partial charge in [0.2, 0.25) is 0 Å². The topological polar surface area (TPSA) is 20.2 Å². The molecule has 0 amide bonds. The van der Waals surface area contributed by atoms with E-state index in [4.69, 9.17) is 0 Å². The molecule has 19 heavy (non-hydrogen) atoms. The molecule has 0 saturated carbocycles. The molecule has 0 fully saturated rings. The fourth-order valence-electron chi connectivity index (χ4n) is 1.71. The smallest absolute Gasteiger partial charge is 0.129 e. The van der Waals surface area contributed by atoms with E-state index >= 15 is 0 Å². The van der Waals surface area contributed by atoms with E-state index in [-0.39, 0.29) is 5.82 Å². The van der Waals surface area contributed by atoms with Gasteiger partial charge in [-0.05, 0) is 37.3 Å². The van der Waals surface area contributed by atoms with Crippen LogP contribution in [-0.2, 0) is 0 Å². The van der Waals surface area contributed by atoms with E-state index in [9.17, 15) is 13.9 Å². The van der Waals surface area contributed by atoms with Gasteiger partial charge in [-0.1, -0.05) is 17.7 Å². The number of halogens is 2.